The highest BCUT2D eigenvalue weighted by Crippen LogP contribution is 2.39. The second-order valence-corrected chi connectivity index (χ2v) is 6.77. The predicted molar refractivity (Wildman–Crippen MR) is 87.8 cm³/mol. The van der Waals surface area contributed by atoms with Gasteiger partial charge >= 0.3 is 0 Å². The number of hydrogen-bond acceptors (Lipinski definition) is 2. The third kappa shape index (κ3) is 3.45. The molecule has 1 fully saturated rings. The molecule has 1 aliphatic rings. The number of halogens is 1. The molecule has 1 atom stereocenters. The summed E-state index contributed by atoms with van der Waals surface area (Å²) in [5, 5.41) is 8.21. The lowest BCUT2D eigenvalue weighted by atomic mass is 9.77. The van der Waals surface area contributed by atoms with Gasteiger partial charge in [0.1, 0.15) is 0 Å². The average Bonchev–Trinajstić information content (AvgIpc) is 2.86. The molecule has 1 heterocycles. The summed E-state index contributed by atoms with van der Waals surface area (Å²) in [6.07, 6.45) is 8.76. The molecular weight excluding hydrogens is 314 g/mol. The topological polar surface area (TPSA) is 29.9 Å². The largest absolute Gasteiger partial charge is 0.309 e. The van der Waals surface area contributed by atoms with Gasteiger partial charge in [0.15, 0.2) is 0 Å². The maximum atomic E-state index is 4.49. The molecular formula is C16H28BrN3. The van der Waals surface area contributed by atoms with E-state index in [4.69, 9.17) is 0 Å². The van der Waals surface area contributed by atoms with E-state index in [2.05, 4.69) is 51.8 Å². The fourth-order valence-electron chi connectivity index (χ4n) is 3.57. The van der Waals surface area contributed by atoms with Gasteiger partial charge in [-0.25, -0.2) is 0 Å². The SMILES string of the molecule is CCNC(c1c(Br)cnn1CC)C1CCC(CC)CC1. The van der Waals surface area contributed by atoms with Crippen LogP contribution in [0.4, 0.5) is 0 Å². The van der Waals surface area contributed by atoms with Crippen LogP contribution in [0.15, 0.2) is 10.7 Å². The van der Waals surface area contributed by atoms with Gasteiger partial charge < -0.3 is 5.32 Å². The van der Waals surface area contributed by atoms with Crippen molar-refractivity contribution in [2.24, 2.45) is 11.8 Å². The molecule has 1 saturated carbocycles. The zero-order chi connectivity index (χ0) is 14.5. The second-order valence-electron chi connectivity index (χ2n) is 5.92. The van der Waals surface area contributed by atoms with E-state index in [9.17, 15) is 0 Å². The quantitative estimate of drug-likeness (QED) is 0.823. The van der Waals surface area contributed by atoms with Crippen LogP contribution in [0.25, 0.3) is 0 Å². The summed E-state index contributed by atoms with van der Waals surface area (Å²) in [5.41, 5.74) is 1.34. The average molecular weight is 342 g/mol. The molecule has 0 radical (unpaired) electrons. The Labute approximate surface area is 131 Å². The van der Waals surface area contributed by atoms with E-state index in [-0.39, 0.29) is 0 Å². The van der Waals surface area contributed by atoms with E-state index < -0.39 is 0 Å². The van der Waals surface area contributed by atoms with Gasteiger partial charge in [0.05, 0.1) is 22.4 Å². The van der Waals surface area contributed by atoms with Gasteiger partial charge in [0.2, 0.25) is 0 Å². The molecule has 1 N–H and O–H groups in total. The fraction of sp³-hybridized carbons (Fsp3) is 0.812. The van der Waals surface area contributed by atoms with Crippen molar-refractivity contribution in [1.29, 1.82) is 0 Å². The molecule has 3 nitrogen and oxygen atoms in total. The summed E-state index contributed by atoms with van der Waals surface area (Å²) < 4.78 is 3.30. The van der Waals surface area contributed by atoms with Gasteiger partial charge in [0.25, 0.3) is 0 Å². The normalized spacial score (nSPS) is 24.8. The van der Waals surface area contributed by atoms with E-state index in [1.807, 2.05) is 6.20 Å². The van der Waals surface area contributed by atoms with Crippen LogP contribution < -0.4 is 5.32 Å². The molecule has 4 heteroatoms. The van der Waals surface area contributed by atoms with Crippen LogP contribution in [-0.2, 0) is 6.54 Å². The first-order valence-electron chi connectivity index (χ1n) is 8.15. The van der Waals surface area contributed by atoms with E-state index in [0.29, 0.717) is 6.04 Å². The number of rotatable bonds is 6. The minimum atomic E-state index is 0.439. The molecule has 2 rings (SSSR count). The highest BCUT2D eigenvalue weighted by molar-refractivity contribution is 9.10. The van der Waals surface area contributed by atoms with Crippen molar-refractivity contribution in [1.82, 2.24) is 15.1 Å². The Kier molecular flexibility index (Phi) is 6.09. The van der Waals surface area contributed by atoms with Crippen LogP contribution in [-0.4, -0.2) is 16.3 Å². The molecule has 0 saturated heterocycles. The molecule has 1 aliphatic carbocycles. The lowest BCUT2D eigenvalue weighted by Crippen LogP contribution is -2.33. The van der Waals surface area contributed by atoms with Crippen molar-refractivity contribution in [3.63, 3.8) is 0 Å². The molecule has 0 aliphatic heterocycles. The molecule has 0 aromatic carbocycles. The first-order chi connectivity index (χ1) is 9.71. The summed E-state index contributed by atoms with van der Waals surface area (Å²) in [5.74, 6) is 1.70. The number of aryl methyl sites for hydroxylation is 1. The Morgan fingerprint density at radius 3 is 2.55 bits per heavy atom. The standard InChI is InChI=1S/C16H28BrN3/c1-4-12-7-9-13(10-8-12)15(18-5-2)16-14(17)11-19-20(16)6-3/h11-13,15,18H,4-10H2,1-3H3. The molecule has 114 valence electrons. The molecule has 20 heavy (non-hydrogen) atoms. The van der Waals surface area contributed by atoms with Crippen LogP contribution in [0.1, 0.15) is 64.6 Å². The van der Waals surface area contributed by atoms with Crippen molar-refractivity contribution >= 4 is 15.9 Å². The monoisotopic (exact) mass is 341 g/mol. The molecule has 0 amide bonds. The van der Waals surface area contributed by atoms with Gasteiger partial charge in [-0.3, -0.25) is 4.68 Å². The van der Waals surface area contributed by atoms with Gasteiger partial charge in [-0.2, -0.15) is 5.10 Å². The summed E-state index contributed by atoms with van der Waals surface area (Å²) in [4.78, 5) is 0. The van der Waals surface area contributed by atoms with Gasteiger partial charge in [-0.05, 0) is 54.1 Å². The van der Waals surface area contributed by atoms with Crippen LogP contribution >= 0.6 is 15.9 Å². The fourth-order valence-corrected chi connectivity index (χ4v) is 4.11. The number of hydrogen-bond donors (Lipinski definition) is 1. The minimum Gasteiger partial charge on any atom is -0.309 e. The van der Waals surface area contributed by atoms with E-state index in [0.717, 1.165) is 29.4 Å². The highest BCUT2D eigenvalue weighted by Gasteiger charge is 2.30. The summed E-state index contributed by atoms with van der Waals surface area (Å²) in [6, 6.07) is 0.439. The second kappa shape index (κ2) is 7.60. The van der Waals surface area contributed by atoms with Crippen LogP contribution in [0, 0.1) is 11.8 Å². The van der Waals surface area contributed by atoms with Gasteiger partial charge in [-0.1, -0.05) is 33.1 Å². The smallest absolute Gasteiger partial charge is 0.0698 e. The molecule has 1 aromatic rings. The first-order valence-corrected chi connectivity index (χ1v) is 8.95. The van der Waals surface area contributed by atoms with Crippen LogP contribution in [0.2, 0.25) is 0 Å². The van der Waals surface area contributed by atoms with Crippen molar-refractivity contribution in [2.45, 2.75) is 65.5 Å². The number of aromatic nitrogens is 2. The maximum Gasteiger partial charge on any atom is 0.0698 e. The molecule has 0 bridgehead atoms. The third-order valence-corrected chi connectivity index (χ3v) is 5.40. The van der Waals surface area contributed by atoms with Crippen molar-refractivity contribution < 1.29 is 0 Å². The van der Waals surface area contributed by atoms with Gasteiger partial charge in [0, 0.05) is 6.54 Å². The van der Waals surface area contributed by atoms with Crippen molar-refractivity contribution in [2.75, 3.05) is 6.54 Å². The molecule has 0 spiro atoms. The Morgan fingerprint density at radius 1 is 1.30 bits per heavy atom. The number of nitrogens with zero attached hydrogens (tertiary/aromatic N) is 2. The van der Waals surface area contributed by atoms with E-state index >= 15 is 0 Å². The summed E-state index contributed by atoms with van der Waals surface area (Å²) in [6.45, 7) is 8.65. The Bertz CT molecular complexity index is 408. The Hall–Kier alpha value is -0.350. The first kappa shape index (κ1) is 16.0. The third-order valence-electron chi connectivity index (χ3n) is 4.79. The van der Waals surface area contributed by atoms with Crippen molar-refractivity contribution in [3.05, 3.63) is 16.4 Å². The van der Waals surface area contributed by atoms with E-state index in [1.54, 1.807) is 0 Å². The lowest BCUT2D eigenvalue weighted by molar-refractivity contribution is 0.213. The Morgan fingerprint density at radius 2 is 2.00 bits per heavy atom. The van der Waals surface area contributed by atoms with Crippen LogP contribution in [0.5, 0.6) is 0 Å². The van der Waals surface area contributed by atoms with Crippen molar-refractivity contribution in [3.8, 4) is 0 Å². The minimum absolute atomic E-state index is 0.439. The summed E-state index contributed by atoms with van der Waals surface area (Å²) >= 11 is 3.70. The predicted octanol–water partition coefficient (Wildman–Crippen LogP) is 4.53. The molecule has 1 aromatic heterocycles. The van der Waals surface area contributed by atoms with E-state index in [1.165, 1.54) is 37.8 Å². The number of nitrogens with one attached hydrogen (secondary N) is 1. The molecule has 1 unspecified atom stereocenters. The maximum absolute atomic E-state index is 4.49. The summed E-state index contributed by atoms with van der Waals surface area (Å²) in [7, 11) is 0. The highest BCUT2D eigenvalue weighted by atomic mass is 79.9. The van der Waals surface area contributed by atoms with Gasteiger partial charge in [-0.15, -0.1) is 0 Å². The Balaban J connectivity index is 2.16. The zero-order valence-electron chi connectivity index (χ0n) is 13.0. The lowest BCUT2D eigenvalue weighted by Gasteiger charge is -2.34. The zero-order valence-corrected chi connectivity index (χ0v) is 14.6. The van der Waals surface area contributed by atoms with Crippen LogP contribution in [0.3, 0.4) is 0 Å².